The van der Waals surface area contributed by atoms with E-state index in [2.05, 4.69) is 191 Å². The predicted octanol–water partition coefficient (Wildman–Crippen LogP) is 22.7. The van der Waals surface area contributed by atoms with E-state index in [9.17, 15) is 14.4 Å². The molecular formula is C75H118O6. The molecule has 0 aromatic heterocycles. The standard InChI is InChI=1S/C75H118O6/c1-4-7-10-13-15-17-19-21-23-25-27-29-31-32-33-34-35-36-37-38-39-40-41-42-44-45-47-49-51-53-55-57-59-62-65-68-74(77)80-71-72(70-79-73(76)67-64-61-12-9-6-3)81-75(78)69-66-63-60-58-56-54-52-50-48-46-43-30-28-26-24-22-20-18-16-14-11-8-5-2/h7-8,10-11,15-18,21-24,27-30,32-33,35-36,38-39,41-42,46,48,52,54,72H,4-6,9,12-14,19-20,25-26,31,34,37,40,43-45,47,49-51,53,55-71H2,1-3H3/b10-7-,11-8-,17-15-,18-16-,23-21-,24-22-,29-27-,30-28-,33-32-,36-35-,39-38-,42-41-,48-46-,54-52-. The summed E-state index contributed by atoms with van der Waals surface area (Å²) in [4.78, 5) is 37.9. The molecule has 1 unspecified atom stereocenters. The molecule has 1 atom stereocenters. The van der Waals surface area contributed by atoms with Crippen LogP contribution in [0.3, 0.4) is 0 Å². The molecule has 0 rings (SSSR count). The molecule has 0 amide bonds. The lowest BCUT2D eigenvalue weighted by Crippen LogP contribution is -2.30. The van der Waals surface area contributed by atoms with Crippen LogP contribution in [-0.4, -0.2) is 37.2 Å². The molecule has 0 aromatic rings. The highest BCUT2D eigenvalue weighted by atomic mass is 16.6. The van der Waals surface area contributed by atoms with Gasteiger partial charge in [-0.3, -0.25) is 14.4 Å². The van der Waals surface area contributed by atoms with Crippen LogP contribution in [0.4, 0.5) is 0 Å². The Bertz CT molecular complexity index is 1860. The van der Waals surface area contributed by atoms with Crippen molar-refractivity contribution >= 4 is 17.9 Å². The molecule has 0 bridgehead atoms. The van der Waals surface area contributed by atoms with E-state index < -0.39 is 6.10 Å². The van der Waals surface area contributed by atoms with Crippen molar-refractivity contribution in [3.63, 3.8) is 0 Å². The van der Waals surface area contributed by atoms with Crippen molar-refractivity contribution in [2.75, 3.05) is 13.2 Å². The van der Waals surface area contributed by atoms with E-state index >= 15 is 0 Å². The van der Waals surface area contributed by atoms with E-state index in [1.807, 2.05) is 0 Å². The third-order valence-electron chi connectivity index (χ3n) is 13.2. The fraction of sp³-hybridized carbons (Fsp3) is 0.587. The van der Waals surface area contributed by atoms with Gasteiger partial charge in [0.2, 0.25) is 0 Å². The predicted molar refractivity (Wildman–Crippen MR) is 352 cm³/mol. The minimum Gasteiger partial charge on any atom is -0.462 e. The monoisotopic (exact) mass is 1110 g/mol. The van der Waals surface area contributed by atoms with E-state index in [0.717, 1.165) is 180 Å². The summed E-state index contributed by atoms with van der Waals surface area (Å²) >= 11 is 0. The first-order valence-electron chi connectivity index (χ1n) is 32.6. The summed E-state index contributed by atoms with van der Waals surface area (Å²) in [5, 5.41) is 0. The second-order valence-corrected chi connectivity index (χ2v) is 20.9. The first-order valence-corrected chi connectivity index (χ1v) is 32.6. The van der Waals surface area contributed by atoms with Gasteiger partial charge in [0.15, 0.2) is 6.10 Å². The van der Waals surface area contributed by atoms with Crippen LogP contribution in [0, 0.1) is 0 Å². The smallest absolute Gasteiger partial charge is 0.306 e. The molecule has 0 heterocycles. The van der Waals surface area contributed by atoms with E-state index in [4.69, 9.17) is 14.2 Å². The lowest BCUT2D eigenvalue weighted by atomic mass is 10.1. The van der Waals surface area contributed by atoms with E-state index in [0.29, 0.717) is 19.3 Å². The van der Waals surface area contributed by atoms with Crippen LogP contribution in [0.25, 0.3) is 0 Å². The largest absolute Gasteiger partial charge is 0.462 e. The summed E-state index contributed by atoms with van der Waals surface area (Å²) in [6.07, 6.45) is 99.8. The summed E-state index contributed by atoms with van der Waals surface area (Å²) in [6.45, 7) is 6.29. The zero-order valence-electron chi connectivity index (χ0n) is 52.0. The second-order valence-electron chi connectivity index (χ2n) is 20.9. The topological polar surface area (TPSA) is 78.9 Å². The number of carbonyl (C=O) groups excluding carboxylic acids is 3. The van der Waals surface area contributed by atoms with Gasteiger partial charge in [-0.05, 0) is 135 Å². The summed E-state index contributed by atoms with van der Waals surface area (Å²) in [6, 6.07) is 0. The van der Waals surface area contributed by atoms with Gasteiger partial charge in [0.05, 0.1) is 0 Å². The van der Waals surface area contributed by atoms with Crippen LogP contribution in [0.1, 0.15) is 265 Å². The number of rotatable bonds is 57. The van der Waals surface area contributed by atoms with E-state index in [1.54, 1.807) is 0 Å². The third-order valence-corrected chi connectivity index (χ3v) is 13.2. The zero-order chi connectivity index (χ0) is 58.5. The minimum atomic E-state index is -0.798. The van der Waals surface area contributed by atoms with Crippen LogP contribution in [0.5, 0.6) is 0 Å². The Labute approximate surface area is 498 Å². The second kappa shape index (κ2) is 67.3. The maximum atomic E-state index is 12.8. The maximum absolute atomic E-state index is 12.8. The Morgan fingerprint density at radius 3 is 0.753 bits per heavy atom. The molecule has 0 fully saturated rings. The minimum absolute atomic E-state index is 0.0963. The summed E-state index contributed by atoms with van der Waals surface area (Å²) in [5.74, 6) is -0.945. The molecule has 0 saturated carbocycles. The Kier molecular flexibility index (Phi) is 62.9. The molecule has 0 aliphatic heterocycles. The first-order chi connectivity index (χ1) is 40.0. The Morgan fingerprint density at radius 2 is 0.481 bits per heavy atom. The molecular weight excluding hydrogens is 997 g/mol. The van der Waals surface area contributed by atoms with Gasteiger partial charge in [-0.15, -0.1) is 0 Å². The van der Waals surface area contributed by atoms with Crippen LogP contribution in [-0.2, 0) is 28.6 Å². The molecule has 6 nitrogen and oxygen atoms in total. The van der Waals surface area contributed by atoms with Gasteiger partial charge in [0.1, 0.15) is 13.2 Å². The quantitative estimate of drug-likeness (QED) is 0.0261. The van der Waals surface area contributed by atoms with Gasteiger partial charge >= 0.3 is 17.9 Å². The van der Waals surface area contributed by atoms with Crippen molar-refractivity contribution in [3.05, 3.63) is 170 Å². The van der Waals surface area contributed by atoms with Gasteiger partial charge in [-0.1, -0.05) is 281 Å². The number of unbranched alkanes of at least 4 members (excludes halogenated alkanes) is 18. The zero-order valence-corrected chi connectivity index (χ0v) is 52.0. The third kappa shape index (κ3) is 65.5. The fourth-order valence-electron chi connectivity index (χ4n) is 8.40. The lowest BCUT2D eigenvalue weighted by molar-refractivity contribution is -0.167. The Morgan fingerprint density at radius 1 is 0.259 bits per heavy atom. The number of hydrogen-bond donors (Lipinski definition) is 0. The number of ether oxygens (including phenoxy) is 3. The average Bonchev–Trinajstić information content (AvgIpc) is 3.47. The number of carbonyl (C=O) groups is 3. The van der Waals surface area contributed by atoms with Crippen molar-refractivity contribution in [2.24, 2.45) is 0 Å². The van der Waals surface area contributed by atoms with Crippen LogP contribution < -0.4 is 0 Å². The van der Waals surface area contributed by atoms with Crippen LogP contribution >= 0.6 is 0 Å². The van der Waals surface area contributed by atoms with Crippen molar-refractivity contribution < 1.29 is 28.6 Å². The fourth-order valence-corrected chi connectivity index (χ4v) is 8.40. The SMILES string of the molecule is CC/C=C\C/C=C\C/C=C\C/C=C\C/C=C\C/C=C\C/C=C\C/C=C\CCCCCCCCCCCCC(=O)OCC(COC(=O)CCCCCCC)OC(=O)CCCCCC/C=C\C/C=C\C/C=C\C/C=C\C/C=C\C/C=C\CC. The van der Waals surface area contributed by atoms with Crippen molar-refractivity contribution in [3.8, 4) is 0 Å². The highest BCUT2D eigenvalue weighted by Gasteiger charge is 2.19. The normalized spacial score (nSPS) is 13.3. The maximum Gasteiger partial charge on any atom is 0.306 e. The van der Waals surface area contributed by atoms with E-state index in [1.165, 1.54) is 44.9 Å². The van der Waals surface area contributed by atoms with Crippen molar-refractivity contribution in [2.45, 2.75) is 271 Å². The highest BCUT2D eigenvalue weighted by molar-refractivity contribution is 5.71. The van der Waals surface area contributed by atoms with Gasteiger partial charge in [0.25, 0.3) is 0 Å². The molecule has 81 heavy (non-hydrogen) atoms. The molecule has 6 heteroatoms. The summed E-state index contributed by atoms with van der Waals surface area (Å²) in [7, 11) is 0. The van der Waals surface area contributed by atoms with Gasteiger partial charge in [0, 0.05) is 19.3 Å². The molecule has 0 aromatic carbocycles. The summed E-state index contributed by atoms with van der Waals surface area (Å²) < 4.78 is 16.7. The number of hydrogen-bond acceptors (Lipinski definition) is 6. The number of esters is 3. The molecule has 0 aliphatic carbocycles. The average molecular weight is 1120 g/mol. The lowest BCUT2D eigenvalue weighted by Gasteiger charge is -2.18. The Hall–Kier alpha value is -5.23. The van der Waals surface area contributed by atoms with Crippen molar-refractivity contribution in [1.29, 1.82) is 0 Å². The van der Waals surface area contributed by atoms with E-state index in [-0.39, 0.29) is 31.1 Å². The molecule has 0 radical (unpaired) electrons. The van der Waals surface area contributed by atoms with Gasteiger partial charge in [-0.25, -0.2) is 0 Å². The van der Waals surface area contributed by atoms with Crippen LogP contribution in [0.2, 0.25) is 0 Å². The Balaban J connectivity index is 4.11. The van der Waals surface area contributed by atoms with Gasteiger partial charge in [-0.2, -0.15) is 0 Å². The molecule has 454 valence electrons. The molecule has 0 N–H and O–H groups in total. The van der Waals surface area contributed by atoms with Crippen LogP contribution in [0.15, 0.2) is 170 Å². The van der Waals surface area contributed by atoms with Gasteiger partial charge < -0.3 is 14.2 Å². The number of allylic oxidation sites excluding steroid dienone is 28. The molecule has 0 saturated heterocycles. The molecule has 0 aliphatic rings. The highest BCUT2D eigenvalue weighted by Crippen LogP contribution is 2.14. The molecule has 0 spiro atoms. The summed E-state index contributed by atoms with van der Waals surface area (Å²) in [5.41, 5.74) is 0. The first kappa shape index (κ1) is 75.8. The van der Waals surface area contributed by atoms with Crippen molar-refractivity contribution in [1.82, 2.24) is 0 Å².